The fraction of sp³-hybridized carbons (Fsp3) is 0.438. The number of imide groups is 1. The van der Waals surface area contributed by atoms with Crippen molar-refractivity contribution < 1.29 is 38.6 Å². The molecule has 0 bridgehead atoms. The van der Waals surface area contributed by atoms with Crippen LogP contribution >= 0.6 is 11.8 Å². The first-order chi connectivity index (χ1) is 13.3. The number of ether oxygens (including phenoxy) is 2. The molecule has 0 radical (unpaired) electrons. The first-order valence-electron chi connectivity index (χ1n) is 8.46. The van der Waals surface area contributed by atoms with Crippen molar-refractivity contribution in [2.45, 2.75) is 17.7 Å². The number of hydrogen-bond acceptors (Lipinski definition) is 9. The van der Waals surface area contributed by atoms with Gasteiger partial charge in [-0.25, -0.2) is 14.5 Å². The lowest BCUT2D eigenvalue weighted by molar-refractivity contribution is -0.125. The van der Waals surface area contributed by atoms with Gasteiger partial charge >= 0.3 is 19.2 Å². The number of carbonyl (C=O) groups excluding carboxylic acids is 2. The minimum absolute atomic E-state index is 0.0523. The average molecular weight is 410 g/mol. The molecule has 2 unspecified atom stereocenters. The van der Waals surface area contributed by atoms with E-state index in [1.807, 2.05) is 0 Å². The van der Waals surface area contributed by atoms with Gasteiger partial charge in [0.15, 0.2) is 0 Å². The number of carboxylic acids is 1. The van der Waals surface area contributed by atoms with Crippen molar-refractivity contribution in [3.8, 4) is 11.5 Å². The number of benzene rings is 1. The van der Waals surface area contributed by atoms with E-state index in [-0.39, 0.29) is 42.3 Å². The summed E-state index contributed by atoms with van der Waals surface area (Å²) >= 11 is 1.12. The highest BCUT2D eigenvalue weighted by molar-refractivity contribution is 8.01. The van der Waals surface area contributed by atoms with Crippen LogP contribution in [-0.2, 0) is 16.0 Å². The van der Waals surface area contributed by atoms with Gasteiger partial charge in [0.05, 0.1) is 24.6 Å². The molecule has 2 aliphatic heterocycles. The Morgan fingerprint density at radius 2 is 2.21 bits per heavy atom. The fourth-order valence-electron chi connectivity index (χ4n) is 3.04. The molecule has 0 saturated carbocycles. The zero-order valence-corrected chi connectivity index (χ0v) is 15.8. The Kier molecular flexibility index (Phi) is 6.01. The number of aromatic carboxylic acids is 1. The van der Waals surface area contributed by atoms with Gasteiger partial charge < -0.3 is 30.0 Å². The van der Waals surface area contributed by atoms with Crippen LogP contribution < -0.4 is 15.1 Å². The van der Waals surface area contributed by atoms with Crippen molar-refractivity contribution in [3.63, 3.8) is 0 Å². The number of amides is 2. The van der Waals surface area contributed by atoms with E-state index in [1.165, 1.54) is 13.2 Å². The summed E-state index contributed by atoms with van der Waals surface area (Å²) in [4.78, 5) is 36.5. The van der Waals surface area contributed by atoms with Crippen LogP contribution in [0.15, 0.2) is 12.1 Å². The topological polar surface area (TPSA) is 149 Å². The number of thioether (sulfide) groups is 1. The lowest BCUT2D eigenvalue weighted by Gasteiger charge is -2.28. The quantitative estimate of drug-likeness (QED) is 0.536. The molecule has 3 rings (SSSR count). The van der Waals surface area contributed by atoms with Gasteiger partial charge in [-0.05, 0) is 18.1 Å². The number of nitrogens with two attached hydrogens (primary N) is 1. The summed E-state index contributed by atoms with van der Waals surface area (Å²) in [5.74, 6) is -1.58. The molecule has 0 aromatic heterocycles. The molecule has 0 spiro atoms. The highest BCUT2D eigenvalue weighted by atomic mass is 32.2. The molecule has 1 fully saturated rings. The molecule has 1 aromatic rings. The molecule has 0 aliphatic carbocycles. The molecule has 2 amide bonds. The van der Waals surface area contributed by atoms with Crippen LogP contribution in [0, 0.1) is 0 Å². The molecule has 28 heavy (non-hydrogen) atoms. The van der Waals surface area contributed by atoms with E-state index in [1.54, 1.807) is 6.07 Å². The van der Waals surface area contributed by atoms with E-state index in [4.69, 9.17) is 19.9 Å². The summed E-state index contributed by atoms with van der Waals surface area (Å²) in [6, 6.07) is 3.18. The number of rotatable bonds is 6. The molecule has 1 aromatic carbocycles. The van der Waals surface area contributed by atoms with Crippen LogP contribution in [0.1, 0.15) is 15.9 Å². The molecule has 12 heteroatoms. The average Bonchev–Trinajstić information content (AvgIpc) is 3.05. The highest BCUT2D eigenvalue weighted by Gasteiger charge is 2.40. The van der Waals surface area contributed by atoms with Crippen molar-refractivity contribution in [1.29, 1.82) is 0 Å². The Morgan fingerprint density at radius 1 is 1.46 bits per heavy atom. The predicted molar refractivity (Wildman–Crippen MR) is 99.5 cm³/mol. The minimum Gasteiger partial charge on any atom is -0.534 e. The van der Waals surface area contributed by atoms with Crippen molar-refractivity contribution in [3.05, 3.63) is 23.3 Å². The number of methoxy groups -OCH3 is 1. The summed E-state index contributed by atoms with van der Waals surface area (Å²) in [6.07, 6.45) is -0.958. The van der Waals surface area contributed by atoms with Crippen molar-refractivity contribution in [1.82, 2.24) is 4.90 Å². The summed E-state index contributed by atoms with van der Waals surface area (Å²) in [7, 11) is 0.0221. The van der Waals surface area contributed by atoms with Gasteiger partial charge in [0.2, 0.25) is 5.91 Å². The van der Waals surface area contributed by atoms with Crippen LogP contribution in [-0.4, -0.2) is 77.3 Å². The maximum absolute atomic E-state index is 12.3. The van der Waals surface area contributed by atoms with Crippen molar-refractivity contribution in [2.75, 3.05) is 26.0 Å². The van der Waals surface area contributed by atoms with Crippen LogP contribution in [0.25, 0.3) is 0 Å². The Labute approximate surface area is 165 Å². The largest absolute Gasteiger partial charge is 0.536 e. The van der Waals surface area contributed by atoms with Crippen molar-refractivity contribution >= 4 is 36.9 Å². The first-order valence-corrected chi connectivity index (χ1v) is 9.51. The van der Waals surface area contributed by atoms with E-state index in [0.29, 0.717) is 5.56 Å². The molecule has 2 atom stereocenters. The van der Waals surface area contributed by atoms with Crippen molar-refractivity contribution in [2.24, 2.45) is 5.73 Å². The standard InChI is InChI=1S/C16H19BN2O8S/c1-25-10-3-2-8-4-11(17(24)27-14(8)13(10)15(21)22)28-7-12(20)19-6-9(5-18)26-16(19)23/h2-3,9,11,24H,4-7,18H2,1H3,(H,21,22). The van der Waals surface area contributed by atoms with Gasteiger partial charge in [0, 0.05) is 6.54 Å². The molecular weight excluding hydrogens is 391 g/mol. The first kappa shape index (κ1) is 20.3. The highest BCUT2D eigenvalue weighted by Crippen LogP contribution is 2.38. The Bertz CT molecular complexity index is 807. The van der Waals surface area contributed by atoms with E-state index >= 15 is 0 Å². The van der Waals surface area contributed by atoms with E-state index in [2.05, 4.69) is 0 Å². The maximum atomic E-state index is 12.3. The number of carboxylic acid groups (broad SMARTS) is 1. The van der Waals surface area contributed by atoms with E-state index in [9.17, 15) is 24.5 Å². The molecule has 4 N–H and O–H groups in total. The van der Waals surface area contributed by atoms with E-state index < -0.39 is 36.3 Å². The number of hydrogen-bond donors (Lipinski definition) is 3. The van der Waals surface area contributed by atoms with Crippen LogP contribution in [0.5, 0.6) is 11.5 Å². The molecular formula is C16H19BN2O8S. The van der Waals surface area contributed by atoms with Gasteiger partial charge in [0.1, 0.15) is 23.2 Å². The SMILES string of the molecule is COc1ccc2c(c1C(=O)O)OB(O)C(SCC(=O)N1CC(CN)OC1=O)C2. The summed E-state index contributed by atoms with van der Waals surface area (Å²) < 4.78 is 15.4. The van der Waals surface area contributed by atoms with Crippen LogP contribution in [0.4, 0.5) is 4.79 Å². The van der Waals surface area contributed by atoms with Crippen LogP contribution in [0.2, 0.25) is 0 Å². The van der Waals surface area contributed by atoms with Gasteiger partial charge in [0.25, 0.3) is 0 Å². The monoisotopic (exact) mass is 410 g/mol. The van der Waals surface area contributed by atoms with Crippen LogP contribution in [0.3, 0.4) is 0 Å². The Hall–Kier alpha value is -2.44. The number of nitrogens with zero attached hydrogens (tertiary/aromatic N) is 1. The smallest absolute Gasteiger partial charge is 0.534 e. The maximum Gasteiger partial charge on any atom is 0.536 e. The van der Waals surface area contributed by atoms with Gasteiger partial charge in [-0.3, -0.25) is 4.79 Å². The van der Waals surface area contributed by atoms with E-state index in [0.717, 1.165) is 16.7 Å². The normalized spacial score (nSPS) is 21.0. The lowest BCUT2D eigenvalue weighted by Crippen LogP contribution is -2.42. The second-order valence-corrected chi connectivity index (χ2v) is 7.47. The third kappa shape index (κ3) is 3.89. The molecule has 10 nitrogen and oxygen atoms in total. The molecule has 2 aliphatic rings. The van der Waals surface area contributed by atoms with Gasteiger partial charge in [-0.15, -0.1) is 11.8 Å². The predicted octanol–water partition coefficient (Wildman–Crippen LogP) is -0.244. The van der Waals surface area contributed by atoms with Gasteiger partial charge in [-0.1, -0.05) is 6.07 Å². The zero-order chi connectivity index (χ0) is 20.4. The fourth-order valence-corrected chi connectivity index (χ4v) is 4.07. The summed E-state index contributed by atoms with van der Waals surface area (Å²) in [5.41, 5.74) is 5.87. The number of fused-ring (bicyclic) bond motifs is 1. The third-order valence-corrected chi connectivity index (χ3v) is 5.71. The Morgan fingerprint density at radius 3 is 2.82 bits per heavy atom. The number of carbonyl (C=O) groups is 3. The second kappa shape index (κ2) is 8.29. The lowest BCUT2D eigenvalue weighted by atomic mass is 9.77. The Balaban J connectivity index is 1.68. The minimum atomic E-state index is -1.32. The molecule has 150 valence electrons. The second-order valence-electron chi connectivity index (χ2n) is 6.24. The zero-order valence-electron chi connectivity index (χ0n) is 15.0. The summed E-state index contributed by atoms with van der Waals surface area (Å²) in [6.45, 7) is 0.229. The molecule has 2 heterocycles. The third-order valence-electron chi connectivity index (χ3n) is 4.47. The summed E-state index contributed by atoms with van der Waals surface area (Å²) in [5, 5.41) is 19.2. The molecule has 1 saturated heterocycles. The van der Waals surface area contributed by atoms with Gasteiger partial charge in [-0.2, -0.15) is 0 Å². The number of cyclic esters (lactones) is 1.